The smallest absolute Gasteiger partial charge is 0.303 e. The predicted octanol–water partition coefficient (Wildman–Crippen LogP) is 2.96. The Kier molecular flexibility index (Phi) is 5.45. The van der Waals surface area contributed by atoms with Crippen molar-refractivity contribution in [2.24, 2.45) is 0 Å². The third-order valence-corrected chi connectivity index (χ3v) is 2.71. The van der Waals surface area contributed by atoms with Crippen LogP contribution in [0.2, 0.25) is 0 Å². The number of benzene rings is 1. The van der Waals surface area contributed by atoms with Crippen LogP contribution in [0.5, 0.6) is 0 Å². The molecule has 0 heterocycles. The molecule has 0 bridgehead atoms. The van der Waals surface area contributed by atoms with Gasteiger partial charge in [0.2, 0.25) is 0 Å². The minimum Gasteiger partial charge on any atom is -0.481 e. The lowest BCUT2D eigenvalue weighted by Gasteiger charge is -2.05. The van der Waals surface area contributed by atoms with E-state index in [1.54, 1.807) is 0 Å². The second-order valence-electron chi connectivity index (χ2n) is 3.28. The van der Waals surface area contributed by atoms with Crippen molar-refractivity contribution in [1.29, 1.82) is 0 Å². The van der Waals surface area contributed by atoms with Gasteiger partial charge in [0.15, 0.2) is 0 Å². The zero-order valence-corrected chi connectivity index (χ0v) is 10.5. The summed E-state index contributed by atoms with van der Waals surface area (Å²) in [5, 5.41) is 11.7. The van der Waals surface area contributed by atoms with Crippen molar-refractivity contribution in [3.8, 4) is 0 Å². The third kappa shape index (κ3) is 5.61. The minimum absolute atomic E-state index is 0.258. The molecule has 0 aliphatic rings. The van der Waals surface area contributed by atoms with Gasteiger partial charge in [0, 0.05) is 22.2 Å². The van der Waals surface area contributed by atoms with Gasteiger partial charge < -0.3 is 10.4 Å². The van der Waals surface area contributed by atoms with Crippen molar-refractivity contribution >= 4 is 34.2 Å². The van der Waals surface area contributed by atoms with Crippen molar-refractivity contribution < 1.29 is 9.90 Å². The van der Waals surface area contributed by atoms with Crippen molar-refractivity contribution in [2.75, 3.05) is 11.9 Å². The van der Waals surface area contributed by atoms with E-state index in [4.69, 9.17) is 5.11 Å². The van der Waals surface area contributed by atoms with E-state index in [0.717, 1.165) is 25.1 Å². The summed E-state index contributed by atoms with van der Waals surface area (Å²) in [7, 11) is 0. The zero-order chi connectivity index (χ0) is 11.1. The summed E-state index contributed by atoms with van der Waals surface area (Å²) in [6, 6.07) is 8.14. The van der Waals surface area contributed by atoms with Gasteiger partial charge in [-0.1, -0.05) is 0 Å². The molecule has 1 rings (SSSR count). The molecule has 0 aliphatic heterocycles. The number of unbranched alkanes of at least 4 members (excludes halogenated alkanes) is 1. The topological polar surface area (TPSA) is 49.3 Å². The monoisotopic (exact) mass is 319 g/mol. The zero-order valence-electron chi connectivity index (χ0n) is 8.37. The maximum Gasteiger partial charge on any atom is 0.303 e. The van der Waals surface area contributed by atoms with Crippen molar-refractivity contribution in [1.82, 2.24) is 0 Å². The molecule has 15 heavy (non-hydrogen) atoms. The van der Waals surface area contributed by atoms with Crippen molar-refractivity contribution in [3.05, 3.63) is 27.8 Å². The summed E-state index contributed by atoms with van der Waals surface area (Å²) < 4.78 is 1.21. The molecule has 0 fully saturated rings. The Balaban J connectivity index is 2.15. The number of carboxylic acid groups (broad SMARTS) is 1. The highest BCUT2D eigenvalue weighted by Gasteiger charge is 1.96. The van der Waals surface area contributed by atoms with Crippen LogP contribution in [0.1, 0.15) is 19.3 Å². The maximum absolute atomic E-state index is 10.2. The Hall–Kier alpha value is -0.780. The average molecular weight is 319 g/mol. The first-order chi connectivity index (χ1) is 7.18. The molecule has 0 saturated carbocycles. The molecule has 3 nitrogen and oxygen atoms in total. The molecule has 0 aliphatic carbocycles. The van der Waals surface area contributed by atoms with Crippen LogP contribution in [-0.4, -0.2) is 17.6 Å². The fraction of sp³-hybridized carbons (Fsp3) is 0.364. The second-order valence-corrected chi connectivity index (χ2v) is 4.53. The van der Waals surface area contributed by atoms with Crippen LogP contribution in [0.3, 0.4) is 0 Å². The summed E-state index contributed by atoms with van der Waals surface area (Å²) in [4.78, 5) is 10.2. The van der Waals surface area contributed by atoms with E-state index >= 15 is 0 Å². The second kappa shape index (κ2) is 6.66. The Morgan fingerprint density at radius 2 is 1.93 bits per heavy atom. The lowest BCUT2D eigenvalue weighted by Crippen LogP contribution is -2.02. The Morgan fingerprint density at radius 3 is 2.53 bits per heavy atom. The first-order valence-electron chi connectivity index (χ1n) is 4.90. The average Bonchev–Trinajstić information content (AvgIpc) is 2.20. The molecule has 0 amide bonds. The third-order valence-electron chi connectivity index (χ3n) is 1.99. The van der Waals surface area contributed by atoms with Crippen LogP contribution >= 0.6 is 22.6 Å². The Labute approximate surface area is 103 Å². The van der Waals surface area contributed by atoms with Crippen LogP contribution in [0.4, 0.5) is 5.69 Å². The molecule has 1 aromatic rings. The van der Waals surface area contributed by atoms with Crippen molar-refractivity contribution in [2.45, 2.75) is 19.3 Å². The van der Waals surface area contributed by atoms with Crippen LogP contribution < -0.4 is 5.32 Å². The highest BCUT2D eigenvalue weighted by molar-refractivity contribution is 14.1. The summed E-state index contributed by atoms with van der Waals surface area (Å²) >= 11 is 2.26. The lowest BCUT2D eigenvalue weighted by molar-refractivity contribution is -0.137. The van der Waals surface area contributed by atoms with Crippen LogP contribution in [-0.2, 0) is 4.79 Å². The molecule has 82 valence electrons. The van der Waals surface area contributed by atoms with Gasteiger partial charge in [0.25, 0.3) is 0 Å². The van der Waals surface area contributed by atoms with E-state index in [1.165, 1.54) is 3.57 Å². The molecule has 0 radical (unpaired) electrons. The van der Waals surface area contributed by atoms with Gasteiger partial charge >= 0.3 is 5.97 Å². The fourth-order valence-electron chi connectivity index (χ4n) is 1.20. The van der Waals surface area contributed by atoms with E-state index in [2.05, 4.69) is 27.9 Å². The molecule has 1 aromatic carbocycles. The number of hydrogen-bond acceptors (Lipinski definition) is 2. The fourth-order valence-corrected chi connectivity index (χ4v) is 1.56. The number of halogens is 1. The molecular formula is C11H14INO2. The predicted molar refractivity (Wildman–Crippen MR) is 69.1 cm³/mol. The molecule has 4 heteroatoms. The van der Waals surface area contributed by atoms with E-state index < -0.39 is 5.97 Å². The SMILES string of the molecule is O=C(O)CCCCNc1ccc(I)cc1. The van der Waals surface area contributed by atoms with Crippen molar-refractivity contribution in [3.63, 3.8) is 0 Å². The van der Waals surface area contributed by atoms with Gasteiger partial charge in [0.1, 0.15) is 0 Å². The Bertz CT molecular complexity index is 311. The van der Waals surface area contributed by atoms with Gasteiger partial charge in [-0.25, -0.2) is 0 Å². The van der Waals surface area contributed by atoms with Gasteiger partial charge in [0.05, 0.1) is 0 Å². The van der Waals surface area contributed by atoms with Gasteiger partial charge in [-0.2, -0.15) is 0 Å². The van der Waals surface area contributed by atoms with E-state index in [-0.39, 0.29) is 6.42 Å². The quantitative estimate of drug-likeness (QED) is 0.626. The summed E-state index contributed by atoms with van der Waals surface area (Å²) in [5.41, 5.74) is 1.09. The van der Waals surface area contributed by atoms with E-state index in [9.17, 15) is 4.79 Å². The number of nitrogens with one attached hydrogen (secondary N) is 1. The highest BCUT2D eigenvalue weighted by atomic mass is 127. The minimum atomic E-state index is -0.718. The largest absolute Gasteiger partial charge is 0.481 e. The maximum atomic E-state index is 10.2. The van der Waals surface area contributed by atoms with E-state index in [0.29, 0.717) is 0 Å². The van der Waals surface area contributed by atoms with E-state index in [1.807, 2.05) is 24.3 Å². The molecular weight excluding hydrogens is 305 g/mol. The first-order valence-corrected chi connectivity index (χ1v) is 5.97. The molecule has 0 unspecified atom stereocenters. The summed E-state index contributed by atoms with van der Waals surface area (Å²) in [6.07, 6.45) is 1.87. The molecule has 0 aromatic heterocycles. The molecule has 2 N–H and O–H groups in total. The summed E-state index contributed by atoms with van der Waals surface area (Å²) in [5.74, 6) is -0.718. The van der Waals surface area contributed by atoms with Crippen LogP contribution in [0, 0.1) is 3.57 Å². The molecule has 0 spiro atoms. The number of aliphatic carboxylic acids is 1. The first kappa shape index (κ1) is 12.3. The van der Waals surface area contributed by atoms with Gasteiger partial charge in [-0.05, 0) is 59.7 Å². The van der Waals surface area contributed by atoms with Crippen LogP contribution in [0.15, 0.2) is 24.3 Å². The number of rotatable bonds is 6. The van der Waals surface area contributed by atoms with Crippen LogP contribution in [0.25, 0.3) is 0 Å². The Morgan fingerprint density at radius 1 is 1.27 bits per heavy atom. The number of carbonyl (C=O) groups is 1. The van der Waals surface area contributed by atoms with Gasteiger partial charge in [-0.3, -0.25) is 4.79 Å². The molecule has 0 saturated heterocycles. The highest BCUT2D eigenvalue weighted by Crippen LogP contribution is 2.11. The normalized spacial score (nSPS) is 9.93. The number of anilines is 1. The number of carboxylic acids is 1. The lowest BCUT2D eigenvalue weighted by atomic mass is 10.2. The number of hydrogen-bond donors (Lipinski definition) is 2. The van der Waals surface area contributed by atoms with Gasteiger partial charge in [-0.15, -0.1) is 0 Å². The summed E-state index contributed by atoms with van der Waals surface area (Å²) in [6.45, 7) is 0.827. The standard InChI is InChI=1S/C11H14INO2/c12-9-4-6-10(7-5-9)13-8-2-1-3-11(14)15/h4-7,13H,1-3,8H2,(H,14,15). The molecule has 0 atom stereocenters.